The zero-order valence-corrected chi connectivity index (χ0v) is 10.9. The first-order valence-electron chi connectivity index (χ1n) is 5.88. The standard InChI is InChI=1S/C13H15F2NO4/c1-9(16-19-8-12(17)18)2-3-10-4-6-11(7-5-10)20-13(14)15/h4-7,13H,2-3,8H2,1H3,(H,17,18). The van der Waals surface area contributed by atoms with Gasteiger partial charge < -0.3 is 14.7 Å². The monoisotopic (exact) mass is 287 g/mol. The van der Waals surface area contributed by atoms with Gasteiger partial charge in [-0.3, -0.25) is 0 Å². The molecule has 5 nitrogen and oxygen atoms in total. The number of aliphatic carboxylic acids is 1. The number of aryl methyl sites for hydroxylation is 1. The summed E-state index contributed by atoms with van der Waals surface area (Å²) in [5, 5.41) is 12.0. The molecule has 0 aliphatic heterocycles. The van der Waals surface area contributed by atoms with Crippen molar-refractivity contribution in [1.82, 2.24) is 0 Å². The van der Waals surface area contributed by atoms with Gasteiger partial charge >= 0.3 is 12.6 Å². The van der Waals surface area contributed by atoms with E-state index in [1.165, 1.54) is 12.1 Å². The predicted octanol–water partition coefficient (Wildman–Crippen LogP) is 2.70. The number of carboxylic acids is 1. The Balaban J connectivity index is 2.39. The minimum atomic E-state index is -2.83. The zero-order valence-electron chi connectivity index (χ0n) is 10.9. The minimum Gasteiger partial charge on any atom is -0.479 e. The summed E-state index contributed by atoms with van der Waals surface area (Å²) in [6, 6.07) is 6.30. The molecule has 0 heterocycles. The van der Waals surface area contributed by atoms with E-state index < -0.39 is 19.2 Å². The summed E-state index contributed by atoms with van der Waals surface area (Å²) in [6.45, 7) is -1.59. The van der Waals surface area contributed by atoms with Gasteiger partial charge in [-0.15, -0.1) is 0 Å². The molecule has 1 N–H and O–H groups in total. The van der Waals surface area contributed by atoms with Crippen molar-refractivity contribution < 1.29 is 28.3 Å². The summed E-state index contributed by atoms with van der Waals surface area (Å²) in [6.07, 6.45) is 1.22. The van der Waals surface area contributed by atoms with Crippen molar-refractivity contribution in [3.63, 3.8) is 0 Å². The number of rotatable bonds is 8. The van der Waals surface area contributed by atoms with Crippen LogP contribution in [0.15, 0.2) is 29.4 Å². The zero-order chi connectivity index (χ0) is 15.0. The summed E-state index contributed by atoms with van der Waals surface area (Å²) in [7, 11) is 0. The highest BCUT2D eigenvalue weighted by Gasteiger charge is 2.04. The maximum atomic E-state index is 12.0. The van der Waals surface area contributed by atoms with E-state index in [-0.39, 0.29) is 5.75 Å². The molecule has 0 atom stereocenters. The van der Waals surface area contributed by atoms with Crippen LogP contribution in [0.2, 0.25) is 0 Å². The molecular formula is C13H15F2NO4. The number of halogens is 2. The van der Waals surface area contributed by atoms with Crippen LogP contribution in [-0.2, 0) is 16.1 Å². The molecule has 0 saturated heterocycles. The quantitative estimate of drug-likeness (QED) is 0.589. The van der Waals surface area contributed by atoms with Crippen molar-refractivity contribution in [3.05, 3.63) is 29.8 Å². The van der Waals surface area contributed by atoms with Gasteiger partial charge in [0, 0.05) is 0 Å². The number of hydrogen-bond acceptors (Lipinski definition) is 4. The molecule has 0 bridgehead atoms. The minimum absolute atomic E-state index is 0.110. The lowest BCUT2D eigenvalue weighted by Crippen LogP contribution is -2.05. The Hall–Kier alpha value is -2.18. The van der Waals surface area contributed by atoms with Crippen LogP contribution in [0.5, 0.6) is 5.75 Å². The molecule has 0 aliphatic carbocycles. The van der Waals surface area contributed by atoms with Crippen molar-refractivity contribution in [2.75, 3.05) is 6.61 Å². The number of carbonyl (C=O) groups is 1. The van der Waals surface area contributed by atoms with Crippen molar-refractivity contribution in [3.8, 4) is 5.75 Å². The molecule has 0 radical (unpaired) electrons. The lowest BCUT2D eigenvalue weighted by Gasteiger charge is -2.05. The van der Waals surface area contributed by atoms with Crippen LogP contribution in [0.25, 0.3) is 0 Å². The van der Waals surface area contributed by atoms with E-state index in [0.717, 1.165) is 5.56 Å². The third-order valence-electron chi connectivity index (χ3n) is 2.33. The van der Waals surface area contributed by atoms with Crippen molar-refractivity contribution in [1.29, 1.82) is 0 Å². The summed E-state index contributed by atoms with van der Waals surface area (Å²) in [5.74, 6) is -0.977. The van der Waals surface area contributed by atoms with Gasteiger partial charge in [0.15, 0.2) is 0 Å². The second-order valence-electron chi connectivity index (χ2n) is 4.02. The van der Waals surface area contributed by atoms with Gasteiger partial charge in [-0.2, -0.15) is 8.78 Å². The van der Waals surface area contributed by atoms with Crippen molar-refractivity contribution >= 4 is 11.7 Å². The Morgan fingerprint density at radius 2 is 2.00 bits per heavy atom. The first-order chi connectivity index (χ1) is 9.47. The first-order valence-corrected chi connectivity index (χ1v) is 5.88. The summed E-state index contributed by atoms with van der Waals surface area (Å²) < 4.78 is 28.2. The van der Waals surface area contributed by atoms with Crippen molar-refractivity contribution in [2.24, 2.45) is 5.16 Å². The molecule has 20 heavy (non-hydrogen) atoms. The van der Waals surface area contributed by atoms with Gasteiger partial charge in [-0.1, -0.05) is 17.3 Å². The maximum Gasteiger partial charge on any atom is 0.387 e. The Morgan fingerprint density at radius 3 is 2.55 bits per heavy atom. The Morgan fingerprint density at radius 1 is 1.35 bits per heavy atom. The lowest BCUT2D eigenvalue weighted by molar-refractivity contribution is -0.142. The fourth-order valence-corrected chi connectivity index (χ4v) is 1.41. The number of oxime groups is 1. The SMILES string of the molecule is CC(CCc1ccc(OC(F)F)cc1)=NOCC(=O)O. The van der Waals surface area contributed by atoms with E-state index in [4.69, 9.17) is 5.11 Å². The normalized spacial score (nSPS) is 11.5. The number of benzene rings is 1. The maximum absolute atomic E-state index is 12.0. The van der Waals surface area contributed by atoms with Crippen LogP contribution in [0, 0.1) is 0 Å². The van der Waals surface area contributed by atoms with Gasteiger partial charge in [0.05, 0.1) is 5.71 Å². The number of alkyl halides is 2. The van der Waals surface area contributed by atoms with Gasteiger partial charge in [0.1, 0.15) is 5.75 Å². The molecule has 0 spiro atoms. The lowest BCUT2D eigenvalue weighted by atomic mass is 10.1. The van der Waals surface area contributed by atoms with E-state index in [0.29, 0.717) is 18.6 Å². The fourth-order valence-electron chi connectivity index (χ4n) is 1.41. The highest BCUT2D eigenvalue weighted by molar-refractivity contribution is 5.81. The van der Waals surface area contributed by atoms with Gasteiger partial charge in [-0.25, -0.2) is 4.79 Å². The first kappa shape index (κ1) is 15.9. The highest BCUT2D eigenvalue weighted by Crippen LogP contribution is 2.15. The molecule has 0 unspecified atom stereocenters. The van der Waals surface area contributed by atoms with E-state index in [1.54, 1.807) is 19.1 Å². The molecule has 0 aliphatic rings. The van der Waals surface area contributed by atoms with Crippen molar-refractivity contribution in [2.45, 2.75) is 26.4 Å². The molecule has 1 aromatic carbocycles. The molecule has 0 fully saturated rings. The van der Waals surface area contributed by atoms with Crippen LogP contribution in [0.3, 0.4) is 0 Å². The largest absolute Gasteiger partial charge is 0.479 e. The second kappa shape index (κ2) is 8.08. The van der Waals surface area contributed by atoms with Crippen LogP contribution < -0.4 is 4.74 Å². The molecule has 110 valence electrons. The number of carboxylic acid groups (broad SMARTS) is 1. The van der Waals surface area contributed by atoms with Crippen LogP contribution >= 0.6 is 0 Å². The van der Waals surface area contributed by atoms with Gasteiger partial charge in [-0.05, 0) is 37.5 Å². The smallest absolute Gasteiger partial charge is 0.387 e. The number of ether oxygens (including phenoxy) is 1. The number of nitrogens with zero attached hydrogens (tertiary/aromatic N) is 1. The van der Waals surface area contributed by atoms with E-state index in [1.807, 2.05) is 0 Å². The molecule has 1 aromatic rings. The Bertz CT molecular complexity index is 460. The van der Waals surface area contributed by atoms with Crippen LogP contribution in [0.1, 0.15) is 18.9 Å². The van der Waals surface area contributed by atoms with E-state index in [2.05, 4.69) is 14.7 Å². The third-order valence-corrected chi connectivity index (χ3v) is 2.33. The highest BCUT2D eigenvalue weighted by atomic mass is 19.3. The number of hydrogen-bond donors (Lipinski definition) is 1. The molecule has 0 saturated carbocycles. The average Bonchev–Trinajstić information content (AvgIpc) is 2.37. The second-order valence-corrected chi connectivity index (χ2v) is 4.02. The summed E-state index contributed by atoms with van der Waals surface area (Å²) in [5.41, 5.74) is 1.58. The summed E-state index contributed by atoms with van der Waals surface area (Å²) in [4.78, 5) is 14.8. The third kappa shape index (κ3) is 6.67. The van der Waals surface area contributed by atoms with E-state index in [9.17, 15) is 13.6 Å². The van der Waals surface area contributed by atoms with Gasteiger partial charge in [0.25, 0.3) is 0 Å². The fraction of sp³-hybridized carbons (Fsp3) is 0.385. The van der Waals surface area contributed by atoms with Crippen LogP contribution in [-0.4, -0.2) is 30.0 Å². The Labute approximate surface area is 114 Å². The molecule has 1 rings (SSSR count). The molecular weight excluding hydrogens is 272 g/mol. The topological polar surface area (TPSA) is 68.1 Å². The summed E-state index contributed by atoms with van der Waals surface area (Å²) >= 11 is 0. The molecule has 7 heteroatoms. The average molecular weight is 287 g/mol. The Kier molecular flexibility index (Phi) is 6.42. The molecule has 0 amide bonds. The molecule has 0 aromatic heterocycles. The van der Waals surface area contributed by atoms with E-state index >= 15 is 0 Å². The van der Waals surface area contributed by atoms with Gasteiger partial charge in [0.2, 0.25) is 6.61 Å². The predicted molar refractivity (Wildman–Crippen MR) is 68.1 cm³/mol. The van der Waals surface area contributed by atoms with Crippen LogP contribution in [0.4, 0.5) is 8.78 Å².